The van der Waals surface area contributed by atoms with Crippen LogP contribution in [0.15, 0.2) is 0 Å². The number of nitrogens with zero attached hydrogens (tertiary/aromatic N) is 2. The summed E-state index contributed by atoms with van der Waals surface area (Å²) in [6.45, 7) is 9.17. The number of hydrogen-bond donors (Lipinski definition) is 2. The molecule has 0 aliphatic carbocycles. The molecule has 0 amide bonds. The van der Waals surface area contributed by atoms with Gasteiger partial charge in [-0.3, -0.25) is 9.80 Å². The second-order valence-corrected chi connectivity index (χ2v) is 4.30. The van der Waals surface area contributed by atoms with Gasteiger partial charge < -0.3 is 10.2 Å². The smallest absolute Gasteiger partial charge is 0.0639 e. The third-order valence-corrected chi connectivity index (χ3v) is 2.51. The van der Waals surface area contributed by atoms with E-state index in [-0.39, 0.29) is 45.7 Å². The molecule has 6 heteroatoms. The average Bonchev–Trinajstić information content (AvgIpc) is 2.06. The van der Waals surface area contributed by atoms with Crippen molar-refractivity contribution in [3.8, 4) is 0 Å². The second-order valence-electron chi connectivity index (χ2n) is 4.30. The molecule has 102 valence electrons. The number of aliphatic hydroxyl groups excluding tert-OH is 2. The number of piperazine rings is 1. The molecule has 0 radical (unpaired) electrons. The topological polar surface area (TPSA) is 46.9 Å². The summed E-state index contributed by atoms with van der Waals surface area (Å²) < 4.78 is 0. The maximum Gasteiger partial charge on any atom is 0.0639 e. The van der Waals surface area contributed by atoms with E-state index in [0.717, 1.165) is 39.3 Å². The Balaban J connectivity index is 0. The van der Waals surface area contributed by atoms with E-state index in [9.17, 15) is 10.2 Å². The largest absolute Gasteiger partial charge is 0.392 e. The Hall–Kier alpha value is 0.818. The van der Waals surface area contributed by atoms with Gasteiger partial charge >= 0.3 is 0 Å². The van der Waals surface area contributed by atoms with Gasteiger partial charge in [0.05, 0.1) is 12.2 Å². The zero-order valence-corrected chi connectivity index (χ0v) is 13.0. The van der Waals surface area contributed by atoms with Crippen LogP contribution in [0.1, 0.15) is 13.8 Å². The van der Waals surface area contributed by atoms with Crippen molar-refractivity contribution in [3.05, 3.63) is 0 Å². The van der Waals surface area contributed by atoms with Gasteiger partial charge in [0.15, 0.2) is 0 Å². The van der Waals surface area contributed by atoms with E-state index in [2.05, 4.69) is 9.80 Å². The zero-order valence-electron chi connectivity index (χ0n) is 9.91. The standard InChI is InChI=1S/C10H22N2O2.ClH.Pt/c1-9(13)7-11-3-5-12(6-4-11)8-10(2)14;;/h9-10,13-14H,3-8H2,1-2H3;1H;. The van der Waals surface area contributed by atoms with Gasteiger partial charge in [-0.1, -0.05) is 0 Å². The predicted molar refractivity (Wildman–Crippen MR) is 63.5 cm³/mol. The minimum Gasteiger partial charge on any atom is -0.392 e. The first kappa shape index (κ1) is 19.2. The summed E-state index contributed by atoms with van der Waals surface area (Å²) in [6, 6.07) is 0. The first-order valence-electron chi connectivity index (χ1n) is 5.38. The van der Waals surface area contributed by atoms with Gasteiger partial charge in [0.25, 0.3) is 0 Å². The fourth-order valence-electron chi connectivity index (χ4n) is 1.90. The average molecular weight is 434 g/mol. The molecule has 0 aromatic heterocycles. The Kier molecular flexibility index (Phi) is 11.7. The molecule has 2 unspecified atom stereocenters. The van der Waals surface area contributed by atoms with Crippen LogP contribution in [0, 0.1) is 0 Å². The van der Waals surface area contributed by atoms with E-state index in [1.54, 1.807) is 0 Å². The third kappa shape index (κ3) is 7.99. The van der Waals surface area contributed by atoms with Crippen LogP contribution in [0.4, 0.5) is 0 Å². The number of rotatable bonds is 4. The molecule has 16 heavy (non-hydrogen) atoms. The molecule has 4 nitrogen and oxygen atoms in total. The summed E-state index contributed by atoms with van der Waals surface area (Å²) >= 11 is 0. The minimum absolute atomic E-state index is 0. The summed E-state index contributed by atoms with van der Waals surface area (Å²) in [7, 11) is 0. The Bertz CT molecular complexity index is 147. The van der Waals surface area contributed by atoms with Crippen molar-refractivity contribution in [3.63, 3.8) is 0 Å². The first-order valence-corrected chi connectivity index (χ1v) is 5.38. The fraction of sp³-hybridized carbons (Fsp3) is 1.00. The molecule has 1 rings (SSSR count). The van der Waals surface area contributed by atoms with Crippen molar-refractivity contribution in [1.82, 2.24) is 9.80 Å². The van der Waals surface area contributed by atoms with E-state index in [4.69, 9.17) is 0 Å². The maximum atomic E-state index is 9.22. The Morgan fingerprint density at radius 3 is 1.31 bits per heavy atom. The Morgan fingerprint density at radius 1 is 0.875 bits per heavy atom. The van der Waals surface area contributed by atoms with E-state index in [1.807, 2.05) is 13.8 Å². The zero-order chi connectivity index (χ0) is 10.6. The molecule has 1 fully saturated rings. The van der Waals surface area contributed by atoms with Gasteiger partial charge in [0, 0.05) is 60.3 Å². The molecule has 0 saturated carbocycles. The summed E-state index contributed by atoms with van der Waals surface area (Å²) in [6.07, 6.45) is -0.475. The molecule has 2 atom stereocenters. The second kappa shape index (κ2) is 9.81. The SMILES string of the molecule is CC(O)CN1CCN(CC(C)O)CC1.Cl.[Pt]. The molecule has 1 saturated heterocycles. The molecule has 0 spiro atoms. The first-order chi connectivity index (χ1) is 6.58. The van der Waals surface area contributed by atoms with Crippen molar-refractivity contribution >= 4 is 12.4 Å². The number of hydrogen-bond acceptors (Lipinski definition) is 4. The molecular weight excluding hydrogens is 411 g/mol. The van der Waals surface area contributed by atoms with Crippen LogP contribution in [-0.2, 0) is 21.1 Å². The van der Waals surface area contributed by atoms with E-state index in [1.165, 1.54) is 0 Å². The summed E-state index contributed by atoms with van der Waals surface area (Å²) in [5.41, 5.74) is 0. The van der Waals surface area contributed by atoms with Crippen molar-refractivity contribution in [2.75, 3.05) is 39.3 Å². The molecule has 1 heterocycles. The third-order valence-electron chi connectivity index (χ3n) is 2.51. The molecule has 0 bridgehead atoms. The van der Waals surface area contributed by atoms with Crippen molar-refractivity contribution in [1.29, 1.82) is 0 Å². The molecular formula is C10H23ClN2O2Pt. The van der Waals surface area contributed by atoms with Gasteiger partial charge in [-0.2, -0.15) is 0 Å². The molecule has 1 aliphatic rings. The molecule has 0 aromatic carbocycles. The monoisotopic (exact) mass is 433 g/mol. The van der Waals surface area contributed by atoms with Crippen LogP contribution in [-0.4, -0.2) is 71.5 Å². The van der Waals surface area contributed by atoms with Crippen molar-refractivity contribution in [2.45, 2.75) is 26.1 Å². The van der Waals surface area contributed by atoms with E-state index in [0.29, 0.717) is 0 Å². The number of halogens is 1. The van der Waals surface area contributed by atoms with Crippen LogP contribution >= 0.6 is 12.4 Å². The van der Waals surface area contributed by atoms with Crippen molar-refractivity contribution in [2.24, 2.45) is 0 Å². The fourth-order valence-corrected chi connectivity index (χ4v) is 1.90. The summed E-state index contributed by atoms with van der Waals surface area (Å²) in [4.78, 5) is 4.53. The van der Waals surface area contributed by atoms with Gasteiger partial charge in [0.2, 0.25) is 0 Å². The molecule has 1 aliphatic heterocycles. The Morgan fingerprint density at radius 2 is 1.12 bits per heavy atom. The Labute approximate surface area is 119 Å². The predicted octanol–water partition coefficient (Wildman–Crippen LogP) is -0.215. The van der Waals surface area contributed by atoms with Gasteiger partial charge in [-0.05, 0) is 13.8 Å². The maximum absolute atomic E-state index is 9.22. The quantitative estimate of drug-likeness (QED) is 0.644. The van der Waals surface area contributed by atoms with Crippen molar-refractivity contribution < 1.29 is 31.3 Å². The molecule has 0 aromatic rings. The molecule has 2 N–H and O–H groups in total. The van der Waals surface area contributed by atoms with Gasteiger partial charge in [0.1, 0.15) is 0 Å². The van der Waals surface area contributed by atoms with Crippen LogP contribution < -0.4 is 0 Å². The van der Waals surface area contributed by atoms with Crippen LogP contribution in [0.25, 0.3) is 0 Å². The number of β-amino-alcohol motifs (C(OH)–C–C–N with tert-alkyl or cyclic N) is 2. The van der Waals surface area contributed by atoms with E-state index >= 15 is 0 Å². The minimum atomic E-state index is -0.238. The summed E-state index contributed by atoms with van der Waals surface area (Å²) in [5.74, 6) is 0. The normalized spacial score (nSPS) is 21.8. The summed E-state index contributed by atoms with van der Waals surface area (Å²) in [5, 5.41) is 18.4. The van der Waals surface area contributed by atoms with E-state index < -0.39 is 0 Å². The van der Waals surface area contributed by atoms with Crippen LogP contribution in [0.3, 0.4) is 0 Å². The number of aliphatic hydroxyl groups is 2. The van der Waals surface area contributed by atoms with Gasteiger partial charge in [-0.15, -0.1) is 12.4 Å². The van der Waals surface area contributed by atoms with Crippen LogP contribution in [0.2, 0.25) is 0 Å². The van der Waals surface area contributed by atoms with Gasteiger partial charge in [-0.25, -0.2) is 0 Å². The van der Waals surface area contributed by atoms with Crippen LogP contribution in [0.5, 0.6) is 0 Å².